The van der Waals surface area contributed by atoms with E-state index in [2.05, 4.69) is 31.2 Å². The fourth-order valence-corrected chi connectivity index (χ4v) is 3.48. The van der Waals surface area contributed by atoms with E-state index >= 15 is 0 Å². The predicted molar refractivity (Wildman–Crippen MR) is 96.3 cm³/mol. The zero-order valence-corrected chi connectivity index (χ0v) is 14.9. The Balaban J connectivity index is 1.66. The number of amides is 1. The number of piperidine rings is 2. The zero-order chi connectivity index (χ0) is 16.9. The summed E-state index contributed by atoms with van der Waals surface area (Å²) in [5, 5.41) is 3.16. The summed E-state index contributed by atoms with van der Waals surface area (Å²) in [5.74, 6) is 2.19. The van der Waals surface area contributed by atoms with Crippen molar-refractivity contribution in [2.75, 3.05) is 36.0 Å². The lowest BCUT2D eigenvalue weighted by Gasteiger charge is -2.35. The van der Waals surface area contributed by atoms with Crippen LogP contribution in [0.5, 0.6) is 0 Å². The van der Waals surface area contributed by atoms with Gasteiger partial charge in [0.2, 0.25) is 5.91 Å². The van der Waals surface area contributed by atoms with Crippen LogP contribution in [-0.2, 0) is 4.79 Å². The number of aromatic nitrogens is 2. The molecule has 0 aromatic carbocycles. The number of carbonyl (C=O) groups excluding carboxylic acids is 1. The summed E-state index contributed by atoms with van der Waals surface area (Å²) in [6, 6.07) is 2.32. The molecule has 2 saturated heterocycles. The molecule has 2 fully saturated rings. The van der Waals surface area contributed by atoms with E-state index in [9.17, 15) is 4.79 Å². The first-order chi connectivity index (χ1) is 11.6. The van der Waals surface area contributed by atoms with Crippen molar-refractivity contribution in [1.82, 2.24) is 15.3 Å². The van der Waals surface area contributed by atoms with Gasteiger partial charge in [0.15, 0.2) is 0 Å². The molecule has 0 radical (unpaired) electrons. The number of hydrogen-bond acceptors (Lipinski definition) is 5. The number of nitrogens with zero attached hydrogens (tertiary/aromatic N) is 4. The molecule has 1 unspecified atom stereocenters. The Morgan fingerprint density at radius 1 is 1.08 bits per heavy atom. The molecule has 1 aromatic heterocycles. The van der Waals surface area contributed by atoms with Crippen LogP contribution in [0.1, 0.15) is 46.0 Å². The maximum absolute atomic E-state index is 12.0. The normalized spacial score (nSPS) is 21.9. The first kappa shape index (κ1) is 17.0. The van der Waals surface area contributed by atoms with E-state index < -0.39 is 0 Å². The minimum absolute atomic E-state index is 0.0325. The first-order valence-electron chi connectivity index (χ1n) is 9.26. The second-order valence-corrected chi connectivity index (χ2v) is 7.23. The Bertz CT molecular complexity index is 556. The molecule has 1 N–H and O–H groups in total. The molecule has 6 nitrogen and oxygen atoms in total. The van der Waals surface area contributed by atoms with Gasteiger partial charge in [-0.25, -0.2) is 9.97 Å². The van der Waals surface area contributed by atoms with Crippen molar-refractivity contribution in [3.8, 4) is 0 Å². The monoisotopic (exact) mass is 331 g/mol. The van der Waals surface area contributed by atoms with Gasteiger partial charge in [0.1, 0.15) is 18.0 Å². The molecule has 2 aliphatic heterocycles. The van der Waals surface area contributed by atoms with Crippen LogP contribution in [0, 0.1) is 5.92 Å². The van der Waals surface area contributed by atoms with E-state index in [1.165, 1.54) is 19.3 Å². The second-order valence-electron chi connectivity index (χ2n) is 7.23. The molecule has 2 aliphatic rings. The Morgan fingerprint density at radius 2 is 1.75 bits per heavy atom. The van der Waals surface area contributed by atoms with Gasteiger partial charge in [-0.2, -0.15) is 0 Å². The van der Waals surface area contributed by atoms with Crippen molar-refractivity contribution < 1.29 is 4.79 Å². The predicted octanol–water partition coefficient (Wildman–Crippen LogP) is 2.21. The standard InChI is InChI=1S/C18H29N5O/c1-14(2)18(24)21-15-7-6-10-23(12-15)17-11-16(19-13-20-17)22-8-4-3-5-9-22/h11,13-15H,3-10,12H2,1-2H3,(H,21,24). The fourth-order valence-electron chi connectivity index (χ4n) is 3.48. The van der Waals surface area contributed by atoms with Crippen molar-refractivity contribution in [3.63, 3.8) is 0 Å². The Kier molecular flexibility index (Phi) is 5.53. The molecular formula is C18H29N5O. The number of carbonyl (C=O) groups is 1. The molecule has 132 valence electrons. The fraction of sp³-hybridized carbons (Fsp3) is 0.722. The lowest BCUT2D eigenvalue weighted by atomic mass is 10.0. The SMILES string of the molecule is CC(C)C(=O)NC1CCCN(c2cc(N3CCCCC3)ncn2)C1. The summed E-state index contributed by atoms with van der Waals surface area (Å²) in [7, 11) is 0. The molecular weight excluding hydrogens is 302 g/mol. The molecule has 24 heavy (non-hydrogen) atoms. The van der Waals surface area contributed by atoms with Crippen molar-refractivity contribution >= 4 is 17.5 Å². The van der Waals surface area contributed by atoms with E-state index in [0.29, 0.717) is 0 Å². The summed E-state index contributed by atoms with van der Waals surface area (Å²) >= 11 is 0. The second kappa shape index (κ2) is 7.81. The van der Waals surface area contributed by atoms with Crippen LogP contribution in [0.25, 0.3) is 0 Å². The van der Waals surface area contributed by atoms with E-state index in [-0.39, 0.29) is 17.9 Å². The highest BCUT2D eigenvalue weighted by Crippen LogP contribution is 2.23. The third-order valence-corrected chi connectivity index (χ3v) is 4.93. The third-order valence-electron chi connectivity index (χ3n) is 4.93. The molecule has 1 aromatic rings. The average Bonchev–Trinajstić information content (AvgIpc) is 2.63. The van der Waals surface area contributed by atoms with Gasteiger partial charge >= 0.3 is 0 Å². The van der Waals surface area contributed by atoms with Crippen molar-refractivity contribution in [1.29, 1.82) is 0 Å². The molecule has 0 bridgehead atoms. The summed E-state index contributed by atoms with van der Waals surface area (Å²) in [6.07, 6.45) is 7.59. The van der Waals surface area contributed by atoms with Crippen molar-refractivity contribution in [2.24, 2.45) is 5.92 Å². The maximum atomic E-state index is 12.0. The number of nitrogens with one attached hydrogen (secondary N) is 1. The van der Waals surface area contributed by atoms with Crippen LogP contribution >= 0.6 is 0 Å². The topological polar surface area (TPSA) is 61.4 Å². The Morgan fingerprint density at radius 3 is 2.46 bits per heavy atom. The number of rotatable bonds is 4. The molecule has 0 spiro atoms. The lowest BCUT2D eigenvalue weighted by molar-refractivity contribution is -0.124. The zero-order valence-electron chi connectivity index (χ0n) is 14.9. The van der Waals surface area contributed by atoms with Gasteiger partial charge in [0.25, 0.3) is 0 Å². The van der Waals surface area contributed by atoms with Gasteiger partial charge in [-0.15, -0.1) is 0 Å². The molecule has 3 heterocycles. The van der Waals surface area contributed by atoms with E-state index in [1.54, 1.807) is 6.33 Å². The molecule has 0 saturated carbocycles. The van der Waals surface area contributed by atoms with Gasteiger partial charge in [-0.1, -0.05) is 13.8 Å². The minimum Gasteiger partial charge on any atom is -0.356 e. The average molecular weight is 331 g/mol. The van der Waals surface area contributed by atoms with Crippen LogP contribution in [0.4, 0.5) is 11.6 Å². The van der Waals surface area contributed by atoms with Gasteiger partial charge < -0.3 is 15.1 Å². The van der Waals surface area contributed by atoms with Crippen LogP contribution in [0.2, 0.25) is 0 Å². The largest absolute Gasteiger partial charge is 0.356 e. The highest BCUT2D eigenvalue weighted by Gasteiger charge is 2.24. The van der Waals surface area contributed by atoms with E-state index in [1.807, 2.05) is 13.8 Å². The summed E-state index contributed by atoms with van der Waals surface area (Å²) in [5.41, 5.74) is 0. The number of anilines is 2. The van der Waals surface area contributed by atoms with Crippen LogP contribution in [-0.4, -0.2) is 48.1 Å². The Hall–Kier alpha value is -1.85. The number of hydrogen-bond donors (Lipinski definition) is 1. The highest BCUT2D eigenvalue weighted by molar-refractivity contribution is 5.78. The molecule has 6 heteroatoms. The Labute approximate surface area is 144 Å². The molecule has 0 aliphatic carbocycles. The van der Waals surface area contributed by atoms with Crippen molar-refractivity contribution in [2.45, 2.75) is 52.0 Å². The first-order valence-corrected chi connectivity index (χ1v) is 9.26. The van der Waals surface area contributed by atoms with Gasteiger partial charge in [-0.3, -0.25) is 4.79 Å². The van der Waals surface area contributed by atoms with E-state index in [0.717, 1.165) is 50.7 Å². The van der Waals surface area contributed by atoms with Gasteiger partial charge in [-0.05, 0) is 32.1 Å². The maximum Gasteiger partial charge on any atom is 0.222 e. The van der Waals surface area contributed by atoms with Crippen LogP contribution in [0.15, 0.2) is 12.4 Å². The summed E-state index contributed by atoms with van der Waals surface area (Å²) in [4.78, 5) is 25.5. The van der Waals surface area contributed by atoms with Crippen LogP contribution < -0.4 is 15.1 Å². The van der Waals surface area contributed by atoms with Crippen LogP contribution in [0.3, 0.4) is 0 Å². The smallest absolute Gasteiger partial charge is 0.222 e. The van der Waals surface area contributed by atoms with Gasteiger partial charge in [0.05, 0.1) is 0 Å². The molecule has 3 rings (SSSR count). The molecule has 1 atom stereocenters. The van der Waals surface area contributed by atoms with Crippen molar-refractivity contribution in [3.05, 3.63) is 12.4 Å². The lowest BCUT2D eigenvalue weighted by Crippen LogP contribution is -2.49. The molecule has 1 amide bonds. The quantitative estimate of drug-likeness (QED) is 0.916. The minimum atomic E-state index is 0.0325. The third kappa shape index (κ3) is 4.16. The van der Waals surface area contributed by atoms with E-state index in [4.69, 9.17) is 0 Å². The van der Waals surface area contributed by atoms with Gasteiger partial charge in [0, 0.05) is 44.2 Å². The highest BCUT2D eigenvalue weighted by atomic mass is 16.1. The summed E-state index contributed by atoms with van der Waals surface area (Å²) < 4.78 is 0. The summed E-state index contributed by atoms with van der Waals surface area (Å²) in [6.45, 7) is 7.86.